The van der Waals surface area contributed by atoms with Gasteiger partial charge in [-0.2, -0.15) is 0 Å². The van der Waals surface area contributed by atoms with Crippen LogP contribution < -0.4 is 10.2 Å². The fourth-order valence-electron chi connectivity index (χ4n) is 3.35. The van der Waals surface area contributed by atoms with E-state index in [-0.39, 0.29) is 5.82 Å². The van der Waals surface area contributed by atoms with Crippen molar-refractivity contribution in [1.82, 2.24) is 25.2 Å². The van der Waals surface area contributed by atoms with Crippen LogP contribution in [0.15, 0.2) is 58.4 Å². The van der Waals surface area contributed by atoms with Crippen LogP contribution in [0.1, 0.15) is 5.69 Å². The highest BCUT2D eigenvalue weighted by Crippen LogP contribution is 2.19. The molecule has 1 N–H and O–H groups in total. The van der Waals surface area contributed by atoms with Gasteiger partial charge in [0.05, 0.1) is 5.69 Å². The van der Waals surface area contributed by atoms with Crippen molar-refractivity contribution in [2.45, 2.75) is 6.42 Å². The molecular formula is C21H24FN7O. The van der Waals surface area contributed by atoms with Gasteiger partial charge in [-0.3, -0.25) is 4.99 Å². The fourth-order valence-corrected chi connectivity index (χ4v) is 3.35. The Morgan fingerprint density at radius 1 is 1.13 bits per heavy atom. The number of halogens is 1. The number of piperazine rings is 1. The summed E-state index contributed by atoms with van der Waals surface area (Å²) in [6.07, 6.45) is 5.87. The Kier molecular flexibility index (Phi) is 6.17. The molecule has 0 atom stereocenters. The van der Waals surface area contributed by atoms with Crippen molar-refractivity contribution in [2.24, 2.45) is 4.99 Å². The van der Waals surface area contributed by atoms with Gasteiger partial charge in [-0.15, -0.1) is 0 Å². The molecule has 4 rings (SSSR count). The van der Waals surface area contributed by atoms with E-state index in [0.717, 1.165) is 49.3 Å². The number of benzene rings is 1. The molecule has 0 bridgehead atoms. The zero-order valence-corrected chi connectivity index (χ0v) is 16.8. The van der Waals surface area contributed by atoms with Crippen molar-refractivity contribution < 1.29 is 8.81 Å². The molecule has 0 radical (unpaired) electrons. The minimum absolute atomic E-state index is 0.279. The summed E-state index contributed by atoms with van der Waals surface area (Å²) in [6, 6.07) is 7.93. The van der Waals surface area contributed by atoms with Gasteiger partial charge in [-0.25, -0.2) is 19.3 Å². The van der Waals surface area contributed by atoms with Gasteiger partial charge in [0.15, 0.2) is 5.96 Å². The Balaban J connectivity index is 1.26. The number of oxazole rings is 1. The molecule has 3 heterocycles. The average Bonchev–Trinajstić information content (AvgIpc) is 3.27. The lowest BCUT2D eigenvalue weighted by Gasteiger charge is -2.36. The molecule has 1 saturated heterocycles. The minimum Gasteiger partial charge on any atom is -0.444 e. The van der Waals surface area contributed by atoms with E-state index in [0.29, 0.717) is 18.9 Å². The predicted molar refractivity (Wildman–Crippen MR) is 113 cm³/mol. The van der Waals surface area contributed by atoms with E-state index in [1.54, 1.807) is 37.8 Å². The van der Waals surface area contributed by atoms with E-state index in [1.807, 2.05) is 6.07 Å². The summed E-state index contributed by atoms with van der Waals surface area (Å²) in [5.74, 6) is 1.85. The molecule has 9 heteroatoms. The van der Waals surface area contributed by atoms with Gasteiger partial charge in [-0.05, 0) is 30.3 Å². The zero-order valence-electron chi connectivity index (χ0n) is 16.8. The fraction of sp³-hybridized carbons (Fsp3) is 0.333. The summed E-state index contributed by atoms with van der Waals surface area (Å²) in [7, 11) is 1.79. The van der Waals surface area contributed by atoms with E-state index in [4.69, 9.17) is 4.42 Å². The maximum absolute atomic E-state index is 13.1. The number of hydrogen-bond acceptors (Lipinski definition) is 6. The van der Waals surface area contributed by atoms with Gasteiger partial charge in [0.1, 0.15) is 12.1 Å². The Labute approximate surface area is 174 Å². The first-order chi connectivity index (χ1) is 14.7. The maximum Gasteiger partial charge on any atom is 0.226 e. The molecule has 3 aromatic rings. The van der Waals surface area contributed by atoms with Crippen LogP contribution >= 0.6 is 0 Å². The molecule has 0 spiro atoms. The first kappa shape index (κ1) is 19.8. The van der Waals surface area contributed by atoms with E-state index < -0.39 is 0 Å². The second kappa shape index (κ2) is 9.34. The first-order valence-electron chi connectivity index (χ1n) is 9.91. The van der Waals surface area contributed by atoms with Gasteiger partial charge in [-0.1, -0.05) is 0 Å². The molecule has 1 aromatic carbocycles. The normalized spacial score (nSPS) is 14.8. The third-order valence-corrected chi connectivity index (χ3v) is 4.93. The van der Waals surface area contributed by atoms with E-state index in [9.17, 15) is 4.39 Å². The molecule has 1 fully saturated rings. The first-order valence-corrected chi connectivity index (χ1v) is 9.91. The Bertz CT molecular complexity index is 967. The number of nitrogens with zero attached hydrogens (tertiary/aromatic N) is 6. The van der Waals surface area contributed by atoms with Crippen molar-refractivity contribution in [2.75, 3.05) is 44.7 Å². The number of hydrogen-bond donors (Lipinski definition) is 1. The molecule has 2 aromatic heterocycles. The lowest BCUT2D eigenvalue weighted by molar-refractivity contribution is 0.370. The van der Waals surface area contributed by atoms with Crippen molar-refractivity contribution in [3.05, 3.63) is 60.5 Å². The molecule has 0 unspecified atom stereocenters. The summed E-state index contributed by atoms with van der Waals surface area (Å²) >= 11 is 0. The summed E-state index contributed by atoms with van der Waals surface area (Å²) in [6.45, 7) is 4.06. The van der Waals surface area contributed by atoms with Crippen molar-refractivity contribution >= 4 is 11.9 Å². The molecule has 0 amide bonds. The number of aliphatic imine (C=N–C) groups is 1. The Morgan fingerprint density at radius 3 is 2.57 bits per heavy atom. The van der Waals surface area contributed by atoms with Gasteiger partial charge in [0.25, 0.3) is 0 Å². The Morgan fingerprint density at radius 2 is 1.87 bits per heavy atom. The third-order valence-electron chi connectivity index (χ3n) is 4.93. The summed E-state index contributed by atoms with van der Waals surface area (Å²) < 4.78 is 18.6. The zero-order chi connectivity index (χ0) is 20.8. The van der Waals surface area contributed by atoms with Crippen LogP contribution in [-0.4, -0.2) is 65.6 Å². The number of nitrogens with one attached hydrogen (secondary N) is 1. The van der Waals surface area contributed by atoms with Crippen LogP contribution in [0.4, 0.5) is 10.3 Å². The van der Waals surface area contributed by atoms with Gasteiger partial charge in [0.2, 0.25) is 11.8 Å². The SMILES string of the molecule is CN=C(NCCc1coc(-c2ccc(F)cc2)n1)N1CCN(c2ncccn2)CC1. The molecule has 0 aliphatic carbocycles. The van der Waals surface area contributed by atoms with E-state index in [1.165, 1.54) is 12.1 Å². The average molecular weight is 409 g/mol. The minimum atomic E-state index is -0.279. The van der Waals surface area contributed by atoms with Crippen molar-refractivity contribution in [3.63, 3.8) is 0 Å². The molecule has 0 saturated carbocycles. The summed E-state index contributed by atoms with van der Waals surface area (Å²) in [4.78, 5) is 21.9. The van der Waals surface area contributed by atoms with Gasteiger partial charge >= 0.3 is 0 Å². The van der Waals surface area contributed by atoms with Gasteiger partial charge in [0, 0.05) is 64.1 Å². The van der Waals surface area contributed by atoms with Crippen LogP contribution in [-0.2, 0) is 6.42 Å². The third kappa shape index (κ3) is 4.73. The lowest BCUT2D eigenvalue weighted by Crippen LogP contribution is -2.53. The van der Waals surface area contributed by atoms with Crippen molar-refractivity contribution in [3.8, 4) is 11.5 Å². The topological polar surface area (TPSA) is 82.7 Å². The van der Waals surface area contributed by atoms with Crippen molar-refractivity contribution in [1.29, 1.82) is 0 Å². The van der Waals surface area contributed by atoms with E-state index >= 15 is 0 Å². The largest absolute Gasteiger partial charge is 0.444 e. The van der Waals surface area contributed by atoms with Crippen LogP contribution in [0, 0.1) is 5.82 Å². The van der Waals surface area contributed by atoms with Crippen LogP contribution in [0.25, 0.3) is 11.5 Å². The lowest BCUT2D eigenvalue weighted by atomic mass is 10.2. The maximum atomic E-state index is 13.1. The van der Waals surface area contributed by atoms with Crippen LogP contribution in [0.3, 0.4) is 0 Å². The molecule has 30 heavy (non-hydrogen) atoms. The number of anilines is 1. The highest BCUT2D eigenvalue weighted by Gasteiger charge is 2.21. The predicted octanol–water partition coefficient (Wildman–Crippen LogP) is 2.21. The molecule has 8 nitrogen and oxygen atoms in total. The van der Waals surface area contributed by atoms with Crippen LogP contribution in [0.5, 0.6) is 0 Å². The molecular weight excluding hydrogens is 385 g/mol. The number of aromatic nitrogens is 3. The summed E-state index contributed by atoms with van der Waals surface area (Å²) in [5, 5.41) is 3.39. The quantitative estimate of drug-likeness (QED) is 0.511. The van der Waals surface area contributed by atoms with E-state index in [2.05, 4.69) is 35.1 Å². The molecule has 1 aliphatic rings. The van der Waals surface area contributed by atoms with Crippen LogP contribution in [0.2, 0.25) is 0 Å². The summed E-state index contributed by atoms with van der Waals surface area (Å²) in [5.41, 5.74) is 1.59. The highest BCUT2D eigenvalue weighted by atomic mass is 19.1. The second-order valence-corrected chi connectivity index (χ2v) is 6.90. The highest BCUT2D eigenvalue weighted by molar-refractivity contribution is 5.80. The number of rotatable bonds is 5. The Hall–Kier alpha value is -3.49. The monoisotopic (exact) mass is 409 g/mol. The smallest absolute Gasteiger partial charge is 0.226 e. The molecule has 156 valence electrons. The standard InChI is InChI=1S/C21H24FN7O/c1-23-20(28-11-13-29(14-12-28)21-24-8-2-9-25-21)26-10-7-18-15-30-19(27-18)16-3-5-17(22)6-4-16/h2-6,8-9,15H,7,10-14H2,1H3,(H,23,26). The second-order valence-electron chi connectivity index (χ2n) is 6.90. The molecule has 1 aliphatic heterocycles. The van der Waals surface area contributed by atoms with Gasteiger partial charge < -0.3 is 19.5 Å². The number of guanidine groups is 1.